The molecule has 0 saturated heterocycles. The second-order valence-electron chi connectivity index (χ2n) is 3.89. The van der Waals surface area contributed by atoms with Gasteiger partial charge in [-0.25, -0.2) is 4.98 Å². The van der Waals surface area contributed by atoms with Crippen LogP contribution in [0.4, 0.5) is 0 Å². The highest BCUT2D eigenvalue weighted by Crippen LogP contribution is 2.15. The maximum atomic E-state index is 11.3. The van der Waals surface area contributed by atoms with E-state index in [-0.39, 0.29) is 11.9 Å². The van der Waals surface area contributed by atoms with E-state index in [9.17, 15) is 4.79 Å². The Morgan fingerprint density at radius 2 is 2.33 bits per heavy atom. The van der Waals surface area contributed by atoms with Crippen LogP contribution in [0.25, 0.3) is 0 Å². The Kier molecular flexibility index (Phi) is 5.77. The highest BCUT2D eigenvalue weighted by atomic mass is 32.1. The summed E-state index contributed by atoms with van der Waals surface area (Å²) in [5, 5.41) is 5.06. The summed E-state index contributed by atoms with van der Waals surface area (Å²) in [5.41, 5.74) is 3.89. The lowest BCUT2D eigenvalue weighted by Gasteiger charge is -2.04. The summed E-state index contributed by atoms with van der Waals surface area (Å²) in [5.74, 6) is -0.598. The number of hydrogen-bond acceptors (Lipinski definition) is 6. The zero-order chi connectivity index (χ0) is 13.5. The van der Waals surface area contributed by atoms with Gasteiger partial charge in [-0.2, -0.15) is 5.10 Å². The number of nitrogens with zero attached hydrogens (tertiary/aromatic N) is 2. The van der Waals surface area contributed by atoms with Crippen LogP contribution in [-0.2, 0) is 16.1 Å². The number of ether oxygens (including phenoxy) is 1. The summed E-state index contributed by atoms with van der Waals surface area (Å²) >= 11 is 1.67. The van der Waals surface area contributed by atoms with E-state index in [1.807, 2.05) is 13.8 Å². The molecule has 6 heteroatoms. The average Bonchev–Trinajstić information content (AvgIpc) is 2.63. The summed E-state index contributed by atoms with van der Waals surface area (Å²) in [6.07, 6.45) is 1.55. The van der Waals surface area contributed by atoms with Gasteiger partial charge in [0.2, 0.25) is 0 Å². The van der Waals surface area contributed by atoms with Crippen molar-refractivity contribution in [2.24, 2.45) is 11.0 Å². The van der Waals surface area contributed by atoms with E-state index in [1.54, 1.807) is 31.4 Å². The van der Waals surface area contributed by atoms with Gasteiger partial charge in [-0.15, -0.1) is 11.3 Å². The Balaban J connectivity index is 2.37. The molecular formula is C12H19N3O2S. The third-order valence-corrected chi connectivity index (χ3v) is 3.22. The molecule has 1 aromatic rings. The molecule has 0 aliphatic carbocycles. The van der Waals surface area contributed by atoms with Gasteiger partial charge in [0.05, 0.1) is 29.8 Å². The number of esters is 1. The maximum absolute atomic E-state index is 11.3. The average molecular weight is 269 g/mol. The van der Waals surface area contributed by atoms with Crippen LogP contribution in [0.5, 0.6) is 0 Å². The van der Waals surface area contributed by atoms with Crippen LogP contribution >= 0.6 is 11.3 Å². The van der Waals surface area contributed by atoms with Crippen LogP contribution in [0.3, 0.4) is 0 Å². The molecule has 0 fully saturated rings. The third-order valence-electron chi connectivity index (χ3n) is 2.29. The summed E-state index contributed by atoms with van der Waals surface area (Å²) < 4.78 is 4.87. The molecule has 0 aliphatic rings. The predicted molar refractivity (Wildman–Crippen MR) is 72.7 cm³/mol. The number of nitrogens with one attached hydrogen (secondary N) is 1. The van der Waals surface area contributed by atoms with Gasteiger partial charge in [0.15, 0.2) is 0 Å². The van der Waals surface area contributed by atoms with Crippen LogP contribution in [0.15, 0.2) is 5.10 Å². The van der Waals surface area contributed by atoms with E-state index in [0.717, 1.165) is 10.7 Å². The first-order valence-corrected chi connectivity index (χ1v) is 6.71. The maximum Gasteiger partial charge on any atom is 0.314 e. The predicted octanol–water partition coefficient (Wildman–Crippen LogP) is 2.03. The topological polar surface area (TPSA) is 63.6 Å². The van der Waals surface area contributed by atoms with Crippen LogP contribution in [0.1, 0.15) is 29.4 Å². The molecule has 0 aliphatic heterocycles. The van der Waals surface area contributed by atoms with Crippen molar-refractivity contribution in [3.63, 3.8) is 0 Å². The molecule has 1 N–H and O–H groups in total. The van der Waals surface area contributed by atoms with Crippen molar-refractivity contribution in [2.45, 2.75) is 34.2 Å². The molecule has 1 rings (SSSR count). The van der Waals surface area contributed by atoms with E-state index in [4.69, 9.17) is 4.74 Å². The summed E-state index contributed by atoms with van der Waals surface area (Å²) in [4.78, 5) is 16.9. The molecule has 1 aromatic heterocycles. The lowest BCUT2D eigenvalue weighted by atomic mass is 10.2. The van der Waals surface area contributed by atoms with Crippen LogP contribution in [0.2, 0.25) is 0 Å². The Morgan fingerprint density at radius 1 is 1.61 bits per heavy atom. The summed E-state index contributed by atoms with van der Waals surface area (Å²) in [7, 11) is 0. The smallest absolute Gasteiger partial charge is 0.314 e. The number of hydrogen-bond donors (Lipinski definition) is 1. The van der Waals surface area contributed by atoms with Crippen molar-refractivity contribution in [1.82, 2.24) is 10.4 Å². The monoisotopic (exact) mass is 269 g/mol. The first kappa shape index (κ1) is 14.6. The van der Waals surface area contributed by atoms with Crippen molar-refractivity contribution in [3.8, 4) is 0 Å². The highest BCUT2D eigenvalue weighted by Gasteiger charge is 2.10. The Labute approximate surface area is 111 Å². The van der Waals surface area contributed by atoms with Crippen LogP contribution in [0, 0.1) is 19.8 Å². The first-order chi connectivity index (χ1) is 8.54. The van der Waals surface area contributed by atoms with Gasteiger partial charge in [0.25, 0.3) is 0 Å². The van der Waals surface area contributed by atoms with Crippen molar-refractivity contribution in [2.75, 3.05) is 6.61 Å². The minimum atomic E-state index is -0.337. The normalized spacial score (nSPS) is 12.7. The fourth-order valence-corrected chi connectivity index (χ4v) is 2.19. The van der Waals surface area contributed by atoms with E-state index in [1.165, 1.54) is 4.88 Å². The van der Waals surface area contributed by atoms with Crippen LogP contribution < -0.4 is 5.43 Å². The van der Waals surface area contributed by atoms with E-state index in [0.29, 0.717) is 13.2 Å². The number of carbonyl (C=O) groups is 1. The van der Waals surface area contributed by atoms with E-state index >= 15 is 0 Å². The number of rotatable bonds is 6. The number of thiazole rings is 1. The zero-order valence-electron chi connectivity index (χ0n) is 11.2. The Hall–Kier alpha value is -1.43. The molecule has 18 heavy (non-hydrogen) atoms. The second kappa shape index (κ2) is 7.10. The quantitative estimate of drug-likeness (QED) is 0.487. The molecule has 0 saturated carbocycles. The van der Waals surface area contributed by atoms with E-state index in [2.05, 4.69) is 15.5 Å². The first-order valence-electron chi connectivity index (χ1n) is 5.90. The largest absolute Gasteiger partial charge is 0.466 e. The molecule has 0 aromatic carbocycles. The molecule has 0 bridgehead atoms. The fraction of sp³-hybridized carbons (Fsp3) is 0.583. The minimum absolute atomic E-state index is 0.260. The third kappa shape index (κ3) is 4.44. The van der Waals surface area contributed by atoms with Gasteiger partial charge in [0.1, 0.15) is 0 Å². The van der Waals surface area contributed by atoms with Gasteiger partial charge in [0, 0.05) is 11.1 Å². The zero-order valence-corrected chi connectivity index (χ0v) is 12.0. The van der Waals surface area contributed by atoms with Gasteiger partial charge >= 0.3 is 5.97 Å². The molecule has 5 nitrogen and oxygen atoms in total. The number of aromatic nitrogens is 1. The lowest BCUT2D eigenvalue weighted by Crippen LogP contribution is -2.17. The fourth-order valence-electron chi connectivity index (χ4n) is 1.36. The number of aryl methyl sites for hydroxylation is 2. The van der Waals surface area contributed by atoms with Gasteiger partial charge in [-0.1, -0.05) is 0 Å². The molecule has 0 spiro atoms. The Bertz CT molecular complexity index is 429. The van der Waals surface area contributed by atoms with E-state index < -0.39 is 0 Å². The highest BCUT2D eigenvalue weighted by molar-refractivity contribution is 7.11. The van der Waals surface area contributed by atoms with Crippen molar-refractivity contribution >= 4 is 23.5 Å². The molecule has 0 amide bonds. The minimum Gasteiger partial charge on any atom is -0.466 e. The standard InChI is InChI=1S/C12H19N3O2S/c1-5-17-12(16)8(2)6-13-14-7-11-9(3)18-10(4)15-11/h6,8,14H,5,7H2,1-4H3/b13-6-/t8-/m0/s1. The van der Waals surface area contributed by atoms with Crippen molar-refractivity contribution < 1.29 is 9.53 Å². The number of hydrazone groups is 1. The Morgan fingerprint density at radius 3 is 2.89 bits per heavy atom. The van der Waals surface area contributed by atoms with Gasteiger partial charge in [-0.3, -0.25) is 4.79 Å². The second-order valence-corrected chi connectivity index (χ2v) is 5.30. The SMILES string of the molecule is CCOC(=O)[C@@H](C)/C=N\NCc1nc(C)sc1C. The molecular weight excluding hydrogens is 250 g/mol. The molecule has 0 unspecified atom stereocenters. The molecule has 1 atom stereocenters. The molecule has 100 valence electrons. The molecule has 0 radical (unpaired) electrons. The summed E-state index contributed by atoms with van der Waals surface area (Å²) in [6, 6.07) is 0. The van der Waals surface area contributed by atoms with Gasteiger partial charge < -0.3 is 10.2 Å². The lowest BCUT2D eigenvalue weighted by molar-refractivity contribution is -0.144. The van der Waals surface area contributed by atoms with Crippen molar-refractivity contribution in [3.05, 3.63) is 15.6 Å². The van der Waals surface area contributed by atoms with Crippen LogP contribution in [-0.4, -0.2) is 23.8 Å². The van der Waals surface area contributed by atoms with Crippen molar-refractivity contribution in [1.29, 1.82) is 0 Å². The molecule has 1 heterocycles. The summed E-state index contributed by atoms with van der Waals surface area (Å²) in [6.45, 7) is 8.51. The van der Waals surface area contributed by atoms with Gasteiger partial charge in [-0.05, 0) is 27.7 Å². The number of carbonyl (C=O) groups excluding carboxylic acids is 1.